The number of hydrogen-bond donors (Lipinski definition) is 2. The van der Waals surface area contributed by atoms with Crippen molar-refractivity contribution in [3.63, 3.8) is 0 Å². The van der Waals surface area contributed by atoms with E-state index in [4.69, 9.17) is 5.14 Å². The molecule has 0 aromatic heterocycles. The normalized spacial score (nSPS) is 11.9. The van der Waals surface area contributed by atoms with Gasteiger partial charge in [0.25, 0.3) is 0 Å². The van der Waals surface area contributed by atoms with Gasteiger partial charge in [-0.1, -0.05) is 30.3 Å². The SMILES string of the molecule is NS(=O)(=O)c1ccc(NC(=O)CCCS(=O)(=O)Cc2ccccc2)cc1. The summed E-state index contributed by atoms with van der Waals surface area (Å²) < 4.78 is 46.5. The summed E-state index contributed by atoms with van der Waals surface area (Å²) in [7, 11) is -7.07. The predicted octanol–water partition coefficient (Wildman–Crippen LogP) is 1.67. The molecule has 3 N–H and O–H groups in total. The van der Waals surface area contributed by atoms with Gasteiger partial charge in [-0.05, 0) is 36.2 Å². The van der Waals surface area contributed by atoms with E-state index in [1.807, 2.05) is 6.07 Å². The third-order valence-corrected chi connectivity index (χ3v) is 6.17. The van der Waals surface area contributed by atoms with Crippen LogP contribution < -0.4 is 10.5 Å². The lowest BCUT2D eigenvalue weighted by molar-refractivity contribution is -0.116. The van der Waals surface area contributed by atoms with Crippen LogP contribution in [0, 0.1) is 0 Å². The van der Waals surface area contributed by atoms with Crippen LogP contribution in [-0.4, -0.2) is 28.5 Å². The molecular weight excluding hydrogens is 376 g/mol. The average molecular weight is 396 g/mol. The largest absolute Gasteiger partial charge is 0.326 e. The first-order chi connectivity index (χ1) is 12.2. The van der Waals surface area contributed by atoms with Crippen LogP contribution in [0.1, 0.15) is 18.4 Å². The number of benzene rings is 2. The van der Waals surface area contributed by atoms with Crippen LogP contribution >= 0.6 is 0 Å². The Hall–Kier alpha value is -2.23. The van der Waals surface area contributed by atoms with Crippen LogP contribution in [0.4, 0.5) is 5.69 Å². The quantitative estimate of drug-likeness (QED) is 0.702. The van der Waals surface area contributed by atoms with E-state index in [9.17, 15) is 21.6 Å². The first-order valence-electron chi connectivity index (χ1n) is 7.83. The molecule has 0 aliphatic rings. The zero-order valence-corrected chi connectivity index (χ0v) is 15.6. The van der Waals surface area contributed by atoms with Gasteiger partial charge in [0.2, 0.25) is 15.9 Å². The van der Waals surface area contributed by atoms with Gasteiger partial charge in [0.1, 0.15) is 0 Å². The van der Waals surface area contributed by atoms with Gasteiger partial charge in [-0.15, -0.1) is 0 Å². The molecule has 0 bridgehead atoms. The highest BCUT2D eigenvalue weighted by molar-refractivity contribution is 7.90. The van der Waals surface area contributed by atoms with E-state index >= 15 is 0 Å². The van der Waals surface area contributed by atoms with Gasteiger partial charge in [0, 0.05) is 12.1 Å². The van der Waals surface area contributed by atoms with E-state index in [0.29, 0.717) is 11.3 Å². The minimum absolute atomic E-state index is 0.0466. The molecule has 7 nitrogen and oxygen atoms in total. The maximum Gasteiger partial charge on any atom is 0.238 e. The molecule has 0 unspecified atom stereocenters. The van der Waals surface area contributed by atoms with Crippen molar-refractivity contribution in [2.45, 2.75) is 23.5 Å². The van der Waals surface area contributed by atoms with Crippen molar-refractivity contribution >= 4 is 31.5 Å². The molecular formula is C17H20N2O5S2. The molecule has 1 amide bonds. The number of nitrogens with two attached hydrogens (primary N) is 1. The summed E-state index contributed by atoms with van der Waals surface area (Å²) in [5, 5.41) is 7.58. The monoisotopic (exact) mass is 396 g/mol. The van der Waals surface area contributed by atoms with Gasteiger partial charge >= 0.3 is 0 Å². The Bertz CT molecular complexity index is 954. The zero-order chi connectivity index (χ0) is 19.2. The van der Waals surface area contributed by atoms with Crippen LogP contribution in [0.2, 0.25) is 0 Å². The number of carbonyl (C=O) groups is 1. The van der Waals surface area contributed by atoms with Crippen LogP contribution in [0.15, 0.2) is 59.5 Å². The van der Waals surface area contributed by atoms with Crippen molar-refractivity contribution in [2.24, 2.45) is 5.14 Å². The number of sulfonamides is 1. The molecule has 26 heavy (non-hydrogen) atoms. The lowest BCUT2D eigenvalue weighted by Crippen LogP contribution is -2.15. The van der Waals surface area contributed by atoms with Gasteiger partial charge in [-0.2, -0.15) is 0 Å². The minimum atomic E-state index is -3.78. The van der Waals surface area contributed by atoms with Crippen molar-refractivity contribution in [2.75, 3.05) is 11.1 Å². The Labute approximate surface area is 153 Å². The standard InChI is InChI=1S/C17H20N2O5S2/c18-26(23,24)16-10-8-15(9-11-16)19-17(20)7-4-12-25(21,22)13-14-5-2-1-3-6-14/h1-3,5-6,8-11H,4,7,12-13H2,(H,19,20)(H2,18,23,24). The molecule has 140 valence electrons. The second kappa shape index (κ2) is 8.43. The molecule has 0 radical (unpaired) electrons. The number of nitrogens with one attached hydrogen (secondary N) is 1. The lowest BCUT2D eigenvalue weighted by atomic mass is 10.2. The Morgan fingerprint density at radius 2 is 1.54 bits per heavy atom. The van der Waals surface area contributed by atoms with Crippen molar-refractivity contribution in [3.8, 4) is 0 Å². The molecule has 0 fully saturated rings. The summed E-state index contributed by atoms with van der Waals surface area (Å²) in [5.41, 5.74) is 1.13. The van der Waals surface area contributed by atoms with E-state index in [1.165, 1.54) is 24.3 Å². The number of primary sulfonamides is 1. The maximum absolute atomic E-state index is 12.1. The van der Waals surface area contributed by atoms with Gasteiger partial charge in [-0.25, -0.2) is 22.0 Å². The Morgan fingerprint density at radius 3 is 2.12 bits per heavy atom. The average Bonchev–Trinajstić information content (AvgIpc) is 2.54. The van der Waals surface area contributed by atoms with Crippen molar-refractivity contribution < 1.29 is 21.6 Å². The van der Waals surface area contributed by atoms with Crippen molar-refractivity contribution in [1.29, 1.82) is 0 Å². The zero-order valence-electron chi connectivity index (χ0n) is 14.0. The first-order valence-corrected chi connectivity index (χ1v) is 11.2. The summed E-state index contributed by atoms with van der Waals surface area (Å²) >= 11 is 0. The molecule has 0 saturated heterocycles. The molecule has 2 aromatic carbocycles. The highest BCUT2D eigenvalue weighted by Gasteiger charge is 2.13. The van der Waals surface area contributed by atoms with Gasteiger partial charge in [0.05, 0.1) is 16.4 Å². The van der Waals surface area contributed by atoms with Gasteiger partial charge in [0.15, 0.2) is 9.84 Å². The summed E-state index contributed by atoms with van der Waals surface area (Å²) in [6.45, 7) is 0. The number of carbonyl (C=O) groups excluding carboxylic acids is 1. The summed E-state index contributed by atoms with van der Waals surface area (Å²) in [6, 6.07) is 14.3. The number of amides is 1. The summed E-state index contributed by atoms with van der Waals surface area (Å²) in [6.07, 6.45) is 0.251. The topological polar surface area (TPSA) is 123 Å². The number of hydrogen-bond acceptors (Lipinski definition) is 5. The maximum atomic E-state index is 12.1. The second-order valence-electron chi connectivity index (χ2n) is 5.80. The number of rotatable bonds is 8. The van der Waals surface area contributed by atoms with Crippen LogP contribution in [0.3, 0.4) is 0 Å². The fourth-order valence-electron chi connectivity index (χ4n) is 2.30. The molecule has 0 heterocycles. The van der Waals surface area contributed by atoms with Crippen LogP contribution in [0.5, 0.6) is 0 Å². The van der Waals surface area contributed by atoms with Crippen LogP contribution in [0.25, 0.3) is 0 Å². The first kappa shape index (κ1) is 20.1. The highest BCUT2D eigenvalue weighted by Crippen LogP contribution is 2.13. The van der Waals surface area contributed by atoms with E-state index in [2.05, 4.69) is 5.32 Å². The molecule has 9 heteroatoms. The molecule has 0 saturated carbocycles. The number of sulfone groups is 1. The van der Waals surface area contributed by atoms with E-state index in [0.717, 1.165) is 0 Å². The molecule has 2 rings (SSSR count). The molecule has 0 aliphatic carbocycles. The third-order valence-electron chi connectivity index (χ3n) is 3.56. The van der Waals surface area contributed by atoms with Gasteiger partial charge < -0.3 is 5.32 Å². The third kappa shape index (κ3) is 6.58. The van der Waals surface area contributed by atoms with Crippen molar-refractivity contribution in [3.05, 3.63) is 60.2 Å². The van der Waals surface area contributed by atoms with Crippen LogP contribution in [-0.2, 0) is 30.4 Å². The minimum Gasteiger partial charge on any atom is -0.326 e. The van der Waals surface area contributed by atoms with E-state index < -0.39 is 19.9 Å². The predicted molar refractivity (Wildman–Crippen MR) is 99.6 cm³/mol. The molecule has 0 spiro atoms. The molecule has 0 aliphatic heterocycles. The highest BCUT2D eigenvalue weighted by atomic mass is 32.2. The second-order valence-corrected chi connectivity index (χ2v) is 9.54. The Balaban J connectivity index is 1.81. The van der Waals surface area contributed by atoms with Crippen molar-refractivity contribution in [1.82, 2.24) is 0 Å². The Kier molecular flexibility index (Phi) is 6.52. The summed E-state index contributed by atoms with van der Waals surface area (Å²) in [5.74, 6) is -0.479. The molecule has 0 atom stereocenters. The van der Waals surface area contributed by atoms with Gasteiger partial charge in [-0.3, -0.25) is 4.79 Å². The summed E-state index contributed by atoms with van der Waals surface area (Å²) in [4.78, 5) is 11.8. The molecule has 2 aromatic rings. The number of anilines is 1. The fraction of sp³-hybridized carbons (Fsp3) is 0.235. The van der Waals surface area contributed by atoms with E-state index in [1.54, 1.807) is 24.3 Å². The smallest absolute Gasteiger partial charge is 0.238 e. The lowest BCUT2D eigenvalue weighted by Gasteiger charge is -2.07. The van der Waals surface area contributed by atoms with E-state index in [-0.39, 0.29) is 35.2 Å². The Morgan fingerprint density at radius 1 is 0.923 bits per heavy atom. The fourth-order valence-corrected chi connectivity index (χ4v) is 4.25.